The number of rotatable bonds is 2. The summed E-state index contributed by atoms with van der Waals surface area (Å²) in [7, 11) is 0. The minimum atomic E-state index is 0.486. The molecule has 0 unspecified atom stereocenters. The zero-order chi connectivity index (χ0) is 15.1. The predicted molar refractivity (Wildman–Crippen MR) is 91.8 cm³/mol. The van der Waals surface area contributed by atoms with Gasteiger partial charge in [-0.2, -0.15) is 0 Å². The van der Waals surface area contributed by atoms with Crippen LogP contribution in [-0.2, 0) is 13.0 Å². The fourth-order valence-electron chi connectivity index (χ4n) is 3.15. The van der Waals surface area contributed by atoms with Crippen LogP contribution in [0.3, 0.4) is 0 Å². The van der Waals surface area contributed by atoms with Gasteiger partial charge in [0.2, 0.25) is 0 Å². The number of pyridine rings is 1. The second-order valence-electron chi connectivity index (χ2n) is 5.80. The normalized spacial score (nSPS) is 15.2. The molecule has 3 nitrogen and oxygen atoms in total. The molecule has 21 heavy (non-hydrogen) atoms. The van der Waals surface area contributed by atoms with Gasteiger partial charge in [-0.15, -0.1) is 0 Å². The number of aromatic nitrogens is 1. The molecule has 1 aromatic carbocycles. The summed E-state index contributed by atoms with van der Waals surface area (Å²) in [5, 5.41) is 1.10. The van der Waals surface area contributed by atoms with Crippen LogP contribution in [0.25, 0.3) is 10.9 Å². The van der Waals surface area contributed by atoms with Crippen molar-refractivity contribution < 1.29 is 0 Å². The molecule has 1 aliphatic heterocycles. The van der Waals surface area contributed by atoms with Crippen molar-refractivity contribution in [2.75, 3.05) is 13.1 Å². The second kappa shape index (κ2) is 5.35. The highest BCUT2D eigenvalue weighted by atomic mass is 32.1. The number of fused-ring (bicyclic) bond motifs is 2. The third-order valence-electron chi connectivity index (χ3n) is 4.61. The van der Waals surface area contributed by atoms with Crippen molar-refractivity contribution in [1.82, 2.24) is 9.88 Å². The standard InChI is InChI=1S/C17H21N3S/c1-4-20-8-7-14-13(9-20)15(17(18)21)12-6-5-10(2)11(3)16(12)19-14/h5-6H,4,7-9H2,1-3H3,(H2,18,21). The van der Waals surface area contributed by atoms with E-state index in [-0.39, 0.29) is 0 Å². The third kappa shape index (κ3) is 2.32. The van der Waals surface area contributed by atoms with Gasteiger partial charge in [-0.25, -0.2) is 0 Å². The van der Waals surface area contributed by atoms with Crippen LogP contribution in [0, 0.1) is 13.8 Å². The lowest BCUT2D eigenvalue weighted by atomic mass is 9.93. The van der Waals surface area contributed by atoms with E-state index in [2.05, 4.69) is 37.8 Å². The Hall–Kier alpha value is -1.52. The van der Waals surface area contributed by atoms with Crippen LogP contribution in [0.2, 0.25) is 0 Å². The molecular weight excluding hydrogens is 278 g/mol. The summed E-state index contributed by atoms with van der Waals surface area (Å²) in [6.45, 7) is 9.43. The van der Waals surface area contributed by atoms with Crippen molar-refractivity contribution in [2.24, 2.45) is 5.73 Å². The molecule has 110 valence electrons. The average Bonchev–Trinajstić information content (AvgIpc) is 2.48. The largest absolute Gasteiger partial charge is 0.389 e. The van der Waals surface area contributed by atoms with Crippen molar-refractivity contribution in [3.8, 4) is 0 Å². The van der Waals surface area contributed by atoms with Crippen LogP contribution in [-0.4, -0.2) is 28.0 Å². The quantitative estimate of drug-likeness (QED) is 0.866. The maximum Gasteiger partial charge on any atom is 0.105 e. The Kier molecular flexibility index (Phi) is 3.68. The van der Waals surface area contributed by atoms with Gasteiger partial charge in [0.05, 0.1) is 5.52 Å². The molecule has 1 aliphatic rings. The molecule has 0 saturated carbocycles. The zero-order valence-electron chi connectivity index (χ0n) is 12.9. The van der Waals surface area contributed by atoms with Gasteiger partial charge in [-0.1, -0.05) is 31.3 Å². The first-order chi connectivity index (χ1) is 10.0. The minimum absolute atomic E-state index is 0.486. The number of hydrogen-bond acceptors (Lipinski definition) is 3. The average molecular weight is 299 g/mol. The van der Waals surface area contributed by atoms with E-state index in [0.29, 0.717) is 4.99 Å². The number of benzene rings is 1. The molecular formula is C17H21N3S. The van der Waals surface area contributed by atoms with Gasteiger partial charge in [0.1, 0.15) is 4.99 Å². The smallest absolute Gasteiger partial charge is 0.105 e. The maximum atomic E-state index is 6.06. The van der Waals surface area contributed by atoms with Crippen LogP contribution < -0.4 is 5.73 Å². The highest BCUT2D eigenvalue weighted by Gasteiger charge is 2.23. The molecule has 3 rings (SSSR count). The fraction of sp³-hybridized carbons (Fsp3) is 0.412. The number of thiocarbonyl (C=S) groups is 1. The van der Waals surface area contributed by atoms with Crippen LogP contribution >= 0.6 is 12.2 Å². The van der Waals surface area contributed by atoms with Gasteiger partial charge in [0.25, 0.3) is 0 Å². The molecule has 1 aromatic heterocycles. The Bertz CT molecular complexity index is 737. The Balaban J connectivity index is 2.34. The summed E-state index contributed by atoms with van der Waals surface area (Å²) in [6, 6.07) is 4.25. The number of hydrogen-bond donors (Lipinski definition) is 1. The van der Waals surface area contributed by atoms with Crippen LogP contribution in [0.5, 0.6) is 0 Å². The molecule has 2 N–H and O–H groups in total. The van der Waals surface area contributed by atoms with E-state index in [9.17, 15) is 0 Å². The number of nitrogens with zero attached hydrogens (tertiary/aromatic N) is 2. The van der Waals surface area contributed by atoms with E-state index in [1.165, 1.54) is 22.4 Å². The topological polar surface area (TPSA) is 42.2 Å². The summed E-state index contributed by atoms with van der Waals surface area (Å²) in [5.41, 5.74) is 13.0. The summed E-state index contributed by atoms with van der Waals surface area (Å²) in [5.74, 6) is 0. The van der Waals surface area contributed by atoms with E-state index in [4.69, 9.17) is 22.9 Å². The van der Waals surface area contributed by atoms with Crippen molar-refractivity contribution in [1.29, 1.82) is 0 Å². The Labute approximate surface area is 131 Å². The molecule has 4 heteroatoms. The molecule has 0 spiro atoms. The van der Waals surface area contributed by atoms with Crippen molar-refractivity contribution in [3.63, 3.8) is 0 Å². The molecule has 0 bridgehead atoms. The minimum Gasteiger partial charge on any atom is -0.389 e. The third-order valence-corrected chi connectivity index (χ3v) is 4.81. The van der Waals surface area contributed by atoms with Crippen molar-refractivity contribution >= 4 is 28.1 Å². The summed E-state index contributed by atoms with van der Waals surface area (Å²) in [6.07, 6.45) is 0.974. The summed E-state index contributed by atoms with van der Waals surface area (Å²) in [4.78, 5) is 7.85. The molecule has 2 aromatic rings. The van der Waals surface area contributed by atoms with E-state index >= 15 is 0 Å². The molecule has 0 amide bonds. The predicted octanol–water partition coefficient (Wildman–Crippen LogP) is 2.86. The van der Waals surface area contributed by atoms with Gasteiger partial charge in [0, 0.05) is 36.2 Å². The highest BCUT2D eigenvalue weighted by Crippen LogP contribution is 2.30. The van der Waals surface area contributed by atoms with Gasteiger partial charge < -0.3 is 5.73 Å². The lowest BCUT2D eigenvalue weighted by Crippen LogP contribution is -2.33. The first-order valence-electron chi connectivity index (χ1n) is 7.46. The van der Waals surface area contributed by atoms with Crippen LogP contribution in [0.4, 0.5) is 0 Å². The Morgan fingerprint density at radius 2 is 2.14 bits per heavy atom. The maximum absolute atomic E-state index is 6.06. The SMILES string of the molecule is CCN1CCc2nc3c(C)c(C)ccc3c(C(N)=S)c2C1. The van der Waals surface area contributed by atoms with Crippen molar-refractivity contribution in [2.45, 2.75) is 33.7 Å². The van der Waals surface area contributed by atoms with Gasteiger partial charge >= 0.3 is 0 Å². The number of aryl methyl sites for hydroxylation is 2. The fourth-order valence-corrected chi connectivity index (χ4v) is 3.38. The van der Waals surface area contributed by atoms with Gasteiger partial charge in [-0.05, 0) is 37.1 Å². The lowest BCUT2D eigenvalue weighted by Gasteiger charge is -2.29. The lowest BCUT2D eigenvalue weighted by molar-refractivity contribution is 0.266. The second-order valence-corrected chi connectivity index (χ2v) is 6.24. The summed E-state index contributed by atoms with van der Waals surface area (Å²) >= 11 is 5.36. The number of nitrogens with two attached hydrogens (primary N) is 1. The van der Waals surface area contributed by atoms with Gasteiger partial charge in [-0.3, -0.25) is 9.88 Å². The van der Waals surface area contributed by atoms with Gasteiger partial charge in [0.15, 0.2) is 0 Å². The molecule has 2 heterocycles. The monoisotopic (exact) mass is 299 g/mol. The first-order valence-corrected chi connectivity index (χ1v) is 7.87. The Morgan fingerprint density at radius 3 is 2.81 bits per heavy atom. The van der Waals surface area contributed by atoms with Crippen LogP contribution in [0.15, 0.2) is 12.1 Å². The van der Waals surface area contributed by atoms with Crippen LogP contribution in [0.1, 0.15) is 34.9 Å². The first kappa shape index (κ1) is 14.4. The van der Waals surface area contributed by atoms with Crippen molar-refractivity contribution in [3.05, 3.63) is 40.1 Å². The zero-order valence-corrected chi connectivity index (χ0v) is 13.7. The highest BCUT2D eigenvalue weighted by molar-refractivity contribution is 7.80. The molecule has 0 saturated heterocycles. The van der Waals surface area contributed by atoms with E-state index in [1.807, 2.05) is 0 Å². The molecule has 0 fully saturated rings. The van der Waals surface area contributed by atoms with E-state index < -0.39 is 0 Å². The molecule has 0 radical (unpaired) electrons. The Morgan fingerprint density at radius 1 is 1.38 bits per heavy atom. The van der Waals surface area contributed by atoms with E-state index in [0.717, 1.165) is 42.5 Å². The molecule has 0 atom stereocenters. The molecule has 0 aliphatic carbocycles. The summed E-state index contributed by atoms with van der Waals surface area (Å²) < 4.78 is 0. The van der Waals surface area contributed by atoms with E-state index in [1.54, 1.807) is 0 Å². The number of likely N-dealkylation sites (N-methyl/N-ethyl adjacent to an activating group) is 1.